The Labute approximate surface area is 141 Å². The highest BCUT2D eigenvalue weighted by Gasteiger charge is 2.04. The van der Waals surface area contributed by atoms with Gasteiger partial charge in [-0.25, -0.2) is 9.50 Å². The van der Waals surface area contributed by atoms with Gasteiger partial charge < -0.3 is 0 Å². The van der Waals surface area contributed by atoms with E-state index in [4.69, 9.17) is 0 Å². The summed E-state index contributed by atoms with van der Waals surface area (Å²) in [5, 5.41) is 4.38. The first-order chi connectivity index (χ1) is 11.3. The van der Waals surface area contributed by atoms with Gasteiger partial charge in [0.2, 0.25) is 0 Å². The number of benzene rings is 1. The smallest absolute Gasteiger partial charge is 0.155 e. The SMILES string of the molecule is CCCCc1cc(/C=C/c2ccc(SC)cc2)n2nccc2n1. The summed E-state index contributed by atoms with van der Waals surface area (Å²) in [6.45, 7) is 2.20. The molecule has 2 heterocycles. The van der Waals surface area contributed by atoms with Crippen LogP contribution in [0.25, 0.3) is 17.8 Å². The van der Waals surface area contributed by atoms with Gasteiger partial charge in [0, 0.05) is 16.7 Å². The number of hydrogen-bond acceptors (Lipinski definition) is 3. The molecule has 0 aliphatic carbocycles. The van der Waals surface area contributed by atoms with Crippen LogP contribution in [-0.2, 0) is 6.42 Å². The molecule has 2 aromatic heterocycles. The van der Waals surface area contributed by atoms with Gasteiger partial charge in [-0.15, -0.1) is 11.8 Å². The molecule has 0 radical (unpaired) electrons. The van der Waals surface area contributed by atoms with Crippen molar-refractivity contribution >= 4 is 29.6 Å². The fraction of sp³-hybridized carbons (Fsp3) is 0.263. The molecule has 3 nitrogen and oxygen atoms in total. The molecule has 118 valence electrons. The summed E-state index contributed by atoms with van der Waals surface area (Å²) < 4.78 is 1.89. The lowest BCUT2D eigenvalue weighted by Crippen LogP contribution is -2.00. The lowest BCUT2D eigenvalue weighted by Gasteiger charge is -2.05. The monoisotopic (exact) mass is 323 g/mol. The summed E-state index contributed by atoms with van der Waals surface area (Å²) in [6, 6.07) is 12.7. The van der Waals surface area contributed by atoms with Gasteiger partial charge in [-0.1, -0.05) is 31.6 Å². The Bertz CT molecular complexity index is 803. The zero-order chi connectivity index (χ0) is 16.1. The minimum Gasteiger partial charge on any atom is -0.234 e. The third-order valence-corrected chi connectivity index (χ3v) is 4.53. The predicted molar refractivity (Wildman–Crippen MR) is 98.8 cm³/mol. The quantitative estimate of drug-likeness (QED) is 0.600. The third-order valence-electron chi connectivity index (χ3n) is 3.79. The van der Waals surface area contributed by atoms with Crippen molar-refractivity contribution in [1.29, 1.82) is 0 Å². The van der Waals surface area contributed by atoms with Gasteiger partial charge >= 0.3 is 0 Å². The first-order valence-corrected chi connectivity index (χ1v) is 9.18. The minimum absolute atomic E-state index is 0.913. The van der Waals surface area contributed by atoms with E-state index in [1.807, 2.05) is 10.6 Å². The lowest BCUT2D eigenvalue weighted by molar-refractivity contribution is 0.771. The lowest BCUT2D eigenvalue weighted by atomic mass is 10.1. The van der Waals surface area contributed by atoms with Crippen LogP contribution >= 0.6 is 11.8 Å². The summed E-state index contributed by atoms with van der Waals surface area (Å²) in [6.07, 6.45) is 11.5. The van der Waals surface area contributed by atoms with E-state index in [1.54, 1.807) is 18.0 Å². The molecule has 0 aliphatic rings. The Hall–Kier alpha value is -2.07. The molecule has 0 N–H and O–H groups in total. The van der Waals surface area contributed by atoms with Crippen molar-refractivity contribution in [3.05, 3.63) is 59.5 Å². The standard InChI is InChI=1S/C19H21N3S/c1-3-4-5-16-14-17(22-19(21-16)12-13-20-22)9-6-15-7-10-18(23-2)11-8-15/h6-14H,3-5H2,1-2H3/b9-6+. The van der Waals surface area contributed by atoms with Gasteiger partial charge in [-0.3, -0.25) is 0 Å². The fourth-order valence-corrected chi connectivity index (χ4v) is 2.90. The van der Waals surface area contributed by atoms with Gasteiger partial charge in [-0.2, -0.15) is 5.10 Å². The van der Waals surface area contributed by atoms with Gasteiger partial charge in [-0.05, 0) is 48.9 Å². The average molecular weight is 323 g/mol. The highest BCUT2D eigenvalue weighted by Crippen LogP contribution is 2.17. The molecule has 4 heteroatoms. The molecular formula is C19H21N3S. The average Bonchev–Trinajstić information content (AvgIpc) is 3.07. The van der Waals surface area contributed by atoms with Crippen molar-refractivity contribution in [1.82, 2.24) is 14.6 Å². The Kier molecular flexibility index (Phi) is 5.13. The Morgan fingerprint density at radius 1 is 1.13 bits per heavy atom. The van der Waals surface area contributed by atoms with Crippen LogP contribution < -0.4 is 0 Å². The maximum Gasteiger partial charge on any atom is 0.155 e. The molecule has 3 rings (SSSR count). The first kappa shape index (κ1) is 15.8. The number of rotatable bonds is 6. The van der Waals surface area contributed by atoms with Crippen LogP contribution in [0.3, 0.4) is 0 Å². The zero-order valence-corrected chi connectivity index (χ0v) is 14.4. The van der Waals surface area contributed by atoms with Gasteiger partial charge in [0.1, 0.15) is 0 Å². The molecule has 23 heavy (non-hydrogen) atoms. The van der Waals surface area contributed by atoms with Crippen molar-refractivity contribution in [2.75, 3.05) is 6.26 Å². The summed E-state index contributed by atoms with van der Waals surface area (Å²) in [5.41, 5.74) is 4.31. The molecule has 0 aliphatic heterocycles. The van der Waals surface area contributed by atoms with Crippen LogP contribution in [0, 0.1) is 0 Å². The summed E-state index contributed by atoms with van der Waals surface area (Å²) in [5.74, 6) is 0. The minimum atomic E-state index is 0.913. The number of unbranched alkanes of at least 4 members (excludes halogenated alkanes) is 1. The van der Waals surface area contributed by atoms with E-state index < -0.39 is 0 Å². The molecule has 0 amide bonds. The van der Waals surface area contributed by atoms with Crippen LogP contribution in [-0.4, -0.2) is 20.9 Å². The Balaban J connectivity index is 1.90. The highest BCUT2D eigenvalue weighted by molar-refractivity contribution is 7.98. The van der Waals surface area contributed by atoms with E-state index in [1.165, 1.54) is 16.9 Å². The molecule has 0 spiro atoms. The normalized spacial score (nSPS) is 11.6. The van der Waals surface area contributed by atoms with Crippen LogP contribution in [0.15, 0.2) is 47.5 Å². The predicted octanol–water partition coefficient (Wildman–Crippen LogP) is 4.96. The van der Waals surface area contributed by atoms with E-state index in [0.29, 0.717) is 0 Å². The van der Waals surface area contributed by atoms with E-state index in [-0.39, 0.29) is 0 Å². The Morgan fingerprint density at radius 2 is 1.96 bits per heavy atom. The van der Waals surface area contributed by atoms with E-state index in [9.17, 15) is 0 Å². The zero-order valence-electron chi connectivity index (χ0n) is 13.6. The number of aryl methyl sites for hydroxylation is 1. The number of fused-ring (bicyclic) bond motifs is 1. The number of thioether (sulfide) groups is 1. The van der Waals surface area contributed by atoms with Crippen LogP contribution in [0.2, 0.25) is 0 Å². The van der Waals surface area contributed by atoms with Crippen molar-refractivity contribution in [2.45, 2.75) is 31.1 Å². The first-order valence-electron chi connectivity index (χ1n) is 7.96. The Morgan fingerprint density at radius 3 is 2.70 bits per heavy atom. The molecule has 0 unspecified atom stereocenters. The molecule has 0 fully saturated rings. The van der Waals surface area contributed by atoms with Gasteiger partial charge in [0.15, 0.2) is 5.65 Å². The second kappa shape index (κ2) is 7.47. The van der Waals surface area contributed by atoms with E-state index in [2.05, 4.69) is 65.7 Å². The topological polar surface area (TPSA) is 30.2 Å². The molecule has 1 aromatic carbocycles. The second-order valence-corrected chi connectivity index (χ2v) is 6.36. The molecule has 0 saturated carbocycles. The fourth-order valence-electron chi connectivity index (χ4n) is 2.49. The van der Waals surface area contributed by atoms with Crippen molar-refractivity contribution < 1.29 is 0 Å². The molecule has 0 bridgehead atoms. The summed E-state index contributed by atoms with van der Waals surface area (Å²) >= 11 is 1.76. The van der Waals surface area contributed by atoms with E-state index in [0.717, 1.165) is 29.9 Å². The molecular weight excluding hydrogens is 302 g/mol. The van der Waals surface area contributed by atoms with Crippen molar-refractivity contribution in [3.8, 4) is 0 Å². The van der Waals surface area contributed by atoms with Crippen LogP contribution in [0.4, 0.5) is 0 Å². The highest BCUT2D eigenvalue weighted by atomic mass is 32.2. The molecule has 0 atom stereocenters. The molecule has 0 saturated heterocycles. The van der Waals surface area contributed by atoms with Gasteiger partial charge in [0.05, 0.1) is 11.9 Å². The van der Waals surface area contributed by atoms with Crippen LogP contribution in [0.1, 0.15) is 36.7 Å². The summed E-state index contributed by atoms with van der Waals surface area (Å²) in [4.78, 5) is 5.95. The number of aromatic nitrogens is 3. The van der Waals surface area contributed by atoms with E-state index >= 15 is 0 Å². The second-order valence-electron chi connectivity index (χ2n) is 5.48. The number of hydrogen-bond donors (Lipinski definition) is 0. The largest absolute Gasteiger partial charge is 0.234 e. The summed E-state index contributed by atoms with van der Waals surface area (Å²) in [7, 11) is 0. The van der Waals surface area contributed by atoms with Crippen molar-refractivity contribution in [3.63, 3.8) is 0 Å². The maximum atomic E-state index is 4.67. The van der Waals surface area contributed by atoms with Crippen molar-refractivity contribution in [2.24, 2.45) is 0 Å². The third kappa shape index (κ3) is 3.82. The van der Waals surface area contributed by atoms with Gasteiger partial charge in [0.25, 0.3) is 0 Å². The number of nitrogens with zero attached hydrogens (tertiary/aromatic N) is 3. The van der Waals surface area contributed by atoms with Crippen LogP contribution in [0.5, 0.6) is 0 Å². The molecule has 3 aromatic rings. The maximum absolute atomic E-state index is 4.67.